The summed E-state index contributed by atoms with van der Waals surface area (Å²) in [5, 5.41) is 6.09. The highest BCUT2D eigenvalue weighted by Crippen LogP contribution is 2.28. The molecule has 35 heavy (non-hydrogen) atoms. The molecule has 11 nitrogen and oxygen atoms in total. The molecule has 0 bridgehead atoms. The van der Waals surface area contributed by atoms with Gasteiger partial charge in [-0.3, -0.25) is 19.5 Å². The van der Waals surface area contributed by atoms with Gasteiger partial charge in [-0.05, 0) is 23.8 Å². The molecule has 11 heteroatoms. The van der Waals surface area contributed by atoms with Crippen LogP contribution in [0.5, 0.6) is 0 Å². The van der Waals surface area contributed by atoms with Crippen LogP contribution >= 0.6 is 0 Å². The summed E-state index contributed by atoms with van der Waals surface area (Å²) in [6.07, 6.45) is 2.32. The number of piperazine rings is 1. The molecule has 0 saturated carbocycles. The Morgan fingerprint density at radius 1 is 1.29 bits per heavy atom. The fourth-order valence-electron chi connectivity index (χ4n) is 4.11. The molecule has 4 N–H and O–H groups in total. The number of hydrogen-bond acceptors (Lipinski definition) is 9. The van der Waals surface area contributed by atoms with Crippen LogP contribution in [0.2, 0.25) is 0 Å². The van der Waals surface area contributed by atoms with Crippen molar-refractivity contribution >= 4 is 29.2 Å². The molecule has 3 heterocycles. The fraction of sp³-hybridized carbons (Fsp3) is 0.333. The largest absolute Gasteiger partial charge is 0.465 e. The number of carbonyl (C=O) groups excluding carboxylic acids is 3. The maximum atomic E-state index is 13.0. The minimum Gasteiger partial charge on any atom is -0.465 e. The van der Waals surface area contributed by atoms with Gasteiger partial charge in [-0.1, -0.05) is 12.6 Å². The molecule has 2 amide bonds. The number of nitrogens with two attached hydrogens (primary N) is 1. The van der Waals surface area contributed by atoms with Crippen LogP contribution in [0, 0.1) is 0 Å². The zero-order chi connectivity index (χ0) is 24.9. The number of ether oxygens (including phenoxy) is 2. The van der Waals surface area contributed by atoms with E-state index >= 15 is 0 Å². The number of benzene rings is 1. The Kier molecular flexibility index (Phi) is 7.28. The Labute approximate surface area is 202 Å². The van der Waals surface area contributed by atoms with Gasteiger partial charge in [0, 0.05) is 44.5 Å². The van der Waals surface area contributed by atoms with E-state index in [1.807, 2.05) is 6.07 Å². The number of esters is 1. The molecule has 1 saturated heterocycles. The predicted octanol–water partition coefficient (Wildman–Crippen LogP) is 0.687. The first-order valence-corrected chi connectivity index (χ1v) is 11.2. The minimum atomic E-state index is -0.920. The molecule has 0 spiro atoms. The molecule has 0 aliphatic carbocycles. The summed E-state index contributed by atoms with van der Waals surface area (Å²) in [6, 6.07) is 6.61. The number of rotatable bonds is 8. The van der Waals surface area contributed by atoms with Gasteiger partial charge in [-0.2, -0.15) is 0 Å². The van der Waals surface area contributed by atoms with E-state index < -0.39 is 18.1 Å². The monoisotopic (exact) mass is 480 g/mol. The van der Waals surface area contributed by atoms with E-state index in [9.17, 15) is 14.4 Å². The van der Waals surface area contributed by atoms with Gasteiger partial charge in [0.2, 0.25) is 0 Å². The fourth-order valence-corrected chi connectivity index (χ4v) is 4.11. The van der Waals surface area contributed by atoms with Gasteiger partial charge < -0.3 is 30.7 Å². The standard InChI is InChI=1S/C24H28N6O5/c1-15(22(31)28-19-13-27-6-5-20(19)29-9-7-26-8-10-29)35-21(12-25)30-14-17-4-3-16(24(33)34-2)11-18(17)23(30)32/h3-6,11,13,21,26H,1,7-10,12,14,25H2,2H3,(H,28,31). The Balaban J connectivity index is 1.43. The number of fused-ring (bicyclic) bond motifs is 1. The lowest BCUT2D eigenvalue weighted by Gasteiger charge is -2.31. The maximum Gasteiger partial charge on any atom is 0.337 e. The Bertz CT molecular complexity index is 1150. The van der Waals surface area contributed by atoms with E-state index in [1.165, 1.54) is 18.1 Å². The number of amides is 2. The highest BCUT2D eigenvalue weighted by atomic mass is 16.5. The average molecular weight is 481 g/mol. The number of hydrogen-bond donors (Lipinski definition) is 3. The number of anilines is 2. The van der Waals surface area contributed by atoms with Crippen molar-refractivity contribution in [3.63, 3.8) is 0 Å². The van der Waals surface area contributed by atoms with Crippen LogP contribution in [-0.2, 0) is 20.8 Å². The second-order valence-corrected chi connectivity index (χ2v) is 8.11. The summed E-state index contributed by atoms with van der Waals surface area (Å²) in [4.78, 5) is 45.4. The third-order valence-corrected chi connectivity index (χ3v) is 5.95. The Morgan fingerprint density at radius 3 is 2.77 bits per heavy atom. The maximum absolute atomic E-state index is 13.0. The Morgan fingerprint density at radius 2 is 2.06 bits per heavy atom. The Hall–Kier alpha value is -3.96. The average Bonchev–Trinajstić information content (AvgIpc) is 3.22. The van der Waals surface area contributed by atoms with Crippen molar-refractivity contribution in [1.82, 2.24) is 15.2 Å². The number of carbonyl (C=O) groups is 3. The third-order valence-electron chi connectivity index (χ3n) is 5.95. The number of nitrogens with one attached hydrogen (secondary N) is 2. The molecule has 2 aromatic rings. The predicted molar refractivity (Wildman–Crippen MR) is 129 cm³/mol. The molecular formula is C24H28N6O5. The summed E-state index contributed by atoms with van der Waals surface area (Å²) in [7, 11) is 1.27. The molecule has 0 radical (unpaired) electrons. The number of nitrogens with zero attached hydrogens (tertiary/aromatic N) is 3. The number of aromatic nitrogens is 1. The zero-order valence-corrected chi connectivity index (χ0v) is 19.5. The van der Waals surface area contributed by atoms with Crippen molar-refractivity contribution in [1.29, 1.82) is 0 Å². The summed E-state index contributed by atoms with van der Waals surface area (Å²) >= 11 is 0. The molecule has 4 rings (SSSR count). The van der Waals surface area contributed by atoms with E-state index in [0.717, 1.165) is 37.4 Å². The van der Waals surface area contributed by atoms with Crippen LogP contribution in [0.3, 0.4) is 0 Å². The summed E-state index contributed by atoms with van der Waals surface area (Å²) in [5.41, 5.74) is 8.62. The first kappa shape index (κ1) is 24.2. The molecule has 2 aliphatic rings. The summed E-state index contributed by atoms with van der Waals surface area (Å²) < 4.78 is 10.5. The molecule has 1 unspecified atom stereocenters. The summed E-state index contributed by atoms with van der Waals surface area (Å²) in [6.45, 7) is 7.19. The molecule has 184 valence electrons. The van der Waals surface area contributed by atoms with E-state index in [0.29, 0.717) is 11.3 Å². The van der Waals surface area contributed by atoms with Crippen LogP contribution in [-0.4, -0.2) is 73.7 Å². The normalized spacial score (nSPS) is 15.9. The topological polar surface area (TPSA) is 139 Å². The molecule has 2 aliphatic heterocycles. The minimum absolute atomic E-state index is 0.0607. The second-order valence-electron chi connectivity index (χ2n) is 8.11. The number of pyridine rings is 1. The van der Waals surface area contributed by atoms with Crippen molar-refractivity contribution in [2.45, 2.75) is 12.8 Å². The van der Waals surface area contributed by atoms with Crippen molar-refractivity contribution in [2.24, 2.45) is 5.73 Å². The van der Waals surface area contributed by atoms with Crippen molar-refractivity contribution < 1.29 is 23.9 Å². The molecule has 1 fully saturated rings. The van der Waals surface area contributed by atoms with Gasteiger partial charge in [-0.25, -0.2) is 4.79 Å². The van der Waals surface area contributed by atoms with E-state index in [2.05, 4.69) is 27.1 Å². The van der Waals surface area contributed by atoms with Crippen molar-refractivity contribution in [3.8, 4) is 0 Å². The lowest BCUT2D eigenvalue weighted by atomic mass is 10.1. The van der Waals surface area contributed by atoms with Crippen molar-refractivity contribution in [3.05, 3.63) is 65.7 Å². The van der Waals surface area contributed by atoms with Gasteiger partial charge in [0.1, 0.15) is 0 Å². The van der Waals surface area contributed by atoms with Gasteiger partial charge in [-0.15, -0.1) is 0 Å². The van der Waals surface area contributed by atoms with Gasteiger partial charge in [0.15, 0.2) is 12.0 Å². The smallest absolute Gasteiger partial charge is 0.337 e. The van der Waals surface area contributed by atoms with Crippen LogP contribution in [0.15, 0.2) is 49.0 Å². The first-order valence-electron chi connectivity index (χ1n) is 11.2. The van der Waals surface area contributed by atoms with Gasteiger partial charge >= 0.3 is 5.97 Å². The zero-order valence-electron chi connectivity index (χ0n) is 19.5. The first-order chi connectivity index (χ1) is 16.9. The lowest BCUT2D eigenvalue weighted by Crippen LogP contribution is -2.44. The molecule has 1 atom stereocenters. The molecule has 1 aromatic carbocycles. The number of methoxy groups -OCH3 is 1. The van der Waals surface area contributed by atoms with Crippen LogP contribution < -0.4 is 21.3 Å². The lowest BCUT2D eigenvalue weighted by molar-refractivity contribution is -0.118. The van der Waals surface area contributed by atoms with Crippen LogP contribution in [0.4, 0.5) is 11.4 Å². The van der Waals surface area contributed by atoms with Gasteiger partial charge in [0.05, 0.1) is 36.8 Å². The van der Waals surface area contributed by atoms with Gasteiger partial charge in [0.25, 0.3) is 11.8 Å². The molecular weight excluding hydrogens is 452 g/mol. The van der Waals surface area contributed by atoms with E-state index in [4.69, 9.17) is 15.2 Å². The van der Waals surface area contributed by atoms with Crippen LogP contribution in [0.1, 0.15) is 26.3 Å². The van der Waals surface area contributed by atoms with Crippen molar-refractivity contribution in [2.75, 3.05) is 50.1 Å². The molecule has 1 aromatic heterocycles. The second kappa shape index (κ2) is 10.5. The quantitative estimate of drug-likeness (QED) is 0.283. The third kappa shape index (κ3) is 5.10. The highest BCUT2D eigenvalue weighted by molar-refractivity contribution is 6.04. The van der Waals surface area contributed by atoms with E-state index in [1.54, 1.807) is 24.5 Å². The SMILES string of the molecule is C=C(OC(CN)N1Cc2ccc(C(=O)OC)cc2C1=O)C(=O)Nc1cnccc1N1CCNCC1. The van der Waals surface area contributed by atoms with E-state index in [-0.39, 0.29) is 30.3 Å². The summed E-state index contributed by atoms with van der Waals surface area (Å²) in [5.74, 6) is -1.64. The van der Waals surface area contributed by atoms with Crippen LogP contribution in [0.25, 0.3) is 0 Å². The highest BCUT2D eigenvalue weighted by Gasteiger charge is 2.34.